The summed E-state index contributed by atoms with van der Waals surface area (Å²) in [4.78, 5) is 29.2. The maximum absolute atomic E-state index is 13.1. The molecule has 3 aromatic carbocycles. The largest absolute Gasteiger partial charge is 0.425 e. The van der Waals surface area contributed by atoms with Crippen LogP contribution < -0.4 is 10.2 Å². The first-order chi connectivity index (χ1) is 15.9. The van der Waals surface area contributed by atoms with Gasteiger partial charge in [-0.2, -0.15) is 5.10 Å². The quantitative estimate of drug-likeness (QED) is 0.137. The smallest absolute Gasteiger partial charge is 0.308 e. The van der Waals surface area contributed by atoms with E-state index >= 15 is 0 Å². The number of carbonyl (C=O) groups excluding carboxylic acids is 2. The van der Waals surface area contributed by atoms with Crippen LogP contribution in [-0.4, -0.2) is 23.1 Å². The third-order valence-corrected chi connectivity index (χ3v) is 5.73. The number of halogens is 2. The molecule has 0 fully saturated rings. The Kier molecular flexibility index (Phi) is 6.96. The Morgan fingerprint density at radius 3 is 2.48 bits per heavy atom. The summed E-state index contributed by atoms with van der Waals surface area (Å²) >= 11 is 6.78. The number of carbonyl (C=O) groups is 2. The second-order valence-electron chi connectivity index (χ2n) is 7.04. The molecule has 0 radical (unpaired) electrons. The summed E-state index contributed by atoms with van der Waals surface area (Å²) < 4.78 is 6.61. The van der Waals surface area contributed by atoms with Crippen molar-refractivity contribution in [2.75, 3.05) is 0 Å². The molecule has 0 saturated heterocycles. The molecule has 164 valence electrons. The molecular formula is C25H17Br2N3O3. The fourth-order valence-corrected chi connectivity index (χ4v) is 4.61. The van der Waals surface area contributed by atoms with E-state index < -0.39 is 5.97 Å². The zero-order chi connectivity index (χ0) is 23.4. The average molecular weight is 567 g/mol. The van der Waals surface area contributed by atoms with Crippen molar-refractivity contribution in [2.45, 2.75) is 6.92 Å². The Morgan fingerprint density at radius 1 is 1.00 bits per heavy atom. The van der Waals surface area contributed by atoms with Crippen LogP contribution in [0.3, 0.4) is 0 Å². The number of nitrogens with zero attached hydrogens (tertiary/aromatic N) is 2. The highest BCUT2D eigenvalue weighted by molar-refractivity contribution is 9.11. The summed E-state index contributed by atoms with van der Waals surface area (Å²) in [5.74, 6) is -0.539. The number of ether oxygens (including phenoxy) is 1. The molecule has 4 rings (SSSR count). The molecule has 0 aliphatic rings. The molecular weight excluding hydrogens is 550 g/mol. The minimum Gasteiger partial charge on any atom is -0.425 e. The van der Waals surface area contributed by atoms with Crippen LogP contribution in [0.5, 0.6) is 5.75 Å². The van der Waals surface area contributed by atoms with Crippen LogP contribution in [0.15, 0.2) is 86.8 Å². The van der Waals surface area contributed by atoms with E-state index in [2.05, 4.69) is 42.4 Å². The van der Waals surface area contributed by atoms with Gasteiger partial charge in [-0.05, 0) is 40.2 Å². The van der Waals surface area contributed by atoms with E-state index in [1.165, 1.54) is 13.1 Å². The van der Waals surface area contributed by atoms with E-state index in [0.29, 0.717) is 32.6 Å². The van der Waals surface area contributed by atoms with Gasteiger partial charge in [0.2, 0.25) is 0 Å². The SMILES string of the molecule is CC(=O)Oc1c(Br)cc(Br)cc1/C=N\NC(=O)c1cc(-c2ccccc2)nc2ccccc12. The lowest BCUT2D eigenvalue weighted by Gasteiger charge is -2.10. The van der Waals surface area contributed by atoms with E-state index in [1.54, 1.807) is 18.2 Å². The Balaban J connectivity index is 1.67. The van der Waals surface area contributed by atoms with Crippen molar-refractivity contribution < 1.29 is 14.3 Å². The van der Waals surface area contributed by atoms with Gasteiger partial charge in [0.25, 0.3) is 5.91 Å². The molecule has 1 amide bonds. The Hall–Kier alpha value is -3.36. The van der Waals surface area contributed by atoms with E-state index in [4.69, 9.17) is 9.72 Å². The monoisotopic (exact) mass is 565 g/mol. The van der Waals surface area contributed by atoms with Gasteiger partial charge < -0.3 is 4.74 Å². The number of hydrogen-bond acceptors (Lipinski definition) is 5. The molecule has 4 aromatic rings. The van der Waals surface area contributed by atoms with E-state index in [1.807, 2.05) is 54.6 Å². The van der Waals surface area contributed by atoms with Gasteiger partial charge in [0.05, 0.1) is 27.5 Å². The van der Waals surface area contributed by atoms with Gasteiger partial charge in [-0.15, -0.1) is 0 Å². The topological polar surface area (TPSA) is 80.6 Å². The normalized spacial score (nSPS) is 11.0. The van der Waals surface area contributed by atoms with Gasteiger partial charge in [0.1, 0.15) is 0 Å². The zero-order valence-electron chi connectivity index (χ0n) is 17.4. The lowest BCUT2D eigenvalue weighted by atomic mass is 10.0. The van der Waals surface area contributed by atoms with Crippen molar-refractivity contribution in [3.05, 3.63) is 92.9 Å². The number of amides is 1. The molecule has 1 aromatic heterocycles. The number of para-hydroxylation sites is 1. The van der Waals surface area contributed by atoms with Gasteiger partial charge in [0, 0.05) is 27.9 Å². The highest BCUT2D eigenvalue weighted by Gasteiger charge is 2.14. The van der Waals surface area contributed by atoms with Crippen molar-refractivity contribution in [3.63, 3.8) is 0 Å². The first kappa shape index (κ1) is 22.8. The molecule has 1 N–H and O–H groups in total. The number of hydrazone groups is 1. The third-order valence-electron chi connectivity index (χ3n) is 4.68. The van der Waals surface area contributed by atoms with Crippen molar-refractivity contribution in [2.24, 2.45) is 5.10 Å². The van der Waals surface area contributed by atoms with Crippen LogP contribution >= 0.6 is 31.9 Å². The number of rotatable bonds is 5. The molecule has 8 heteroatoms. The minimum absolute atomic E-state index is 0.310. The van der Waals surface area contributed by atoms with E-state index in [-0.39, 0.29) is 5.91 Å². The van der Waals surface area contributed by atoms with Gasteiger partial charge in [-0.3, -0.25) is 9.59 Å². The summed E-state index contributed by atoms with van der Waals surface area (Å²) in [6, 6.07) is 22.3. The summed E-state index contributed by atoms with van der Waals surface area (Å²) in [5.41, 5.74) is 5.84. The first-order valence-electron chi connectivity index (χ1n) is 9.88. The number of hydrogen-bond donors (Lipinski definition) is 1. The maximum atomic E-state index is 13.1. The van der Waals surface area contributed by atoms with E-state index in [0.717, 1.165) is 15.4 Å². The van der Waals surface area contributed by atoms with Crippen molar-refractivity contribution >= 4 is 60.9 Å². The summed E-state index contributed by atoms with van der Waals surface area (Å²) in [6.07, 6.45) is 1.42. The predicted octanol–water partition coefficient (Wildman–Crippen LogP) is 6.12. The van der Waals surface area contributed by atoms with Gasteiger partial charge in [0.15, 0.2) is 5.75 Å². The molecule has 0 spiro atoms. The lowest BCUT2D eigenvalue weighted by molar-refractivity contribution is -0.131. The maximum Gasteiger partial charge on any atom is 0.308 e. The highest BCUT2D eigenvalue weighted by atomic mass is 79.9. The number of pyridine rings is 1. The van der Waals surface area contributed by atoms with Crippen LogP contribution in [0, 0.1) is 0 Å². The molecule has 0 unspecified atom stereocenters. The number of esters is 1. The predicted molar refractivity (Wildman–Crippen MR) is 135 cm³/mol. The van der Waals surface area contributed by atoms with Crippen molar-refractivity contribution in [1.29, 1.82) is 0 Å². The molecule has 6 nitrogen and oxygen atoms in total. The van der Waals surface area contributed by atoms with Crippen LogP contribution in [0.25, 0.3) is 22.2 Å². The molecule has 0 atom stereocenters. The van der Waals surface area contributed by atoms with Crippen LogP contribution in [0.4, 0.5) is 0 Å². The zero-order valence-corrected chi connectivity index (χ0v) is 20.6. The van der Waals surface area contributed by atoms with Crippen molar-refractivity contribution in [3.8, 4) is 17.0 Å². The second-order valence-corrected chi connectivity index (χ2v) is 8.81. The molecule has 0 aliphatic heterocycles. The number of nitrogens with one attached hydrogen (secondary N) is 1. The van der Waals surface area contributed by atoms with Crippen LogP contribution in [0.2, 0.25) is 0 Å². The number of benzene rings is 3. The average Bonchev–Trinajstić information content (AvgIpc) is 2.80. The highest BCUT2D eigenvalue weighted by Crippen LogP contribution is 2.32. The van der Waals surface area contributed by atoms with Crippen molar-refractivity contribution in [1.82, 2.24) is 10.4 Å². The van der Waals surface area contributed by atoms with E-state index in [9.17, 15) is 9.59 Å². The fourth-order valence-electron chi connectivity index (χ4n) is 3.27. The summed E-state index contributed by atoms with van der Waals surface area (Å²) in [7, 11) is 0. The van der Waals surface area contributed by atoms with Gasteiger partial charge in [-0.1, -0.05) is 64.5 Å². The lowest BCUT2D eigenvalue weighted by Crippen LogP contribution is -2.18. The number of aromatic nitrogens is 1. The van der Waals surface area contributed by atoms with Gasteiger partial charge in [-0.25, -0.2) is 10.4 Å². The van der Waals surface area contributed by atoms with Crippen LogP contribution in [-0.2, 0) is 4.79 Å². The Morgan fingerprint density at radius 2 is 1.73 bits per heavy atom. The number of fused-ring (bicyclic) bond motifs is 1. The standard InChI is InChI=1S/C25H17Br2N3O3/c1-15(31)33-24-17(11-18(26)12-21(24)27)14-28-30-25(32)20-13-23(16-7-3-2-4-8-16)29-22-10-6-5-9-19(20)22/h2-14H,1H3,(H,30,32)/b28-14-. The summed E-state index contributed by atoms with van der Waals surface area (Å²) in [5, 5.41) is 4.82. The molecule has 33 heavy (non-hydrogen) atoms. The fraction of sp³-hybridized carbons (Fsp3) is 0.0400. The Bertz CT molecular complexity index is 1390. The molecule has 0 bridgehead atoms. The second kappa shape index (κ2) is 10.1. The van der Waals surface area contributed by atoms with Crippen LogP contribution in [0.1, 0.15) is 22.8 Å². The van der Waals surface area contributed by atoms with Gasteiger partial charge >= 0.3 is 5.97 Å². The minimum atomic E-state index is -0.464. The third kappa shape index (κ3) is 5.35. The Labute approximate surface area is 206 Å². The molecule has 0 saturated carbocycles. The first-order valence-corrected chi connectivity index (χ1v) is 11.5. The molecule has 1 heterocycles. The summed E-state index contributed by atoms with van der Waals surface area (Å²) in [6.45, 7) is 1.32. The molecule has 0 aliphatic carbocycles.